The van der Waals surface area contributed by atoms with E-state index in [0.29, 0.717) is 18.0 Å². The summed E-state index contributed by atoms with van der Waals surface area (Å²) in [6.45, 7) is 0.443. The highest BCUT2D eigenvalue weighted by Crippen LogP contribution is 2.34. The molecule has 4 heteroatoms. The van der Waals surface area contributed by atoms with Crippen LogP contribution in [0.4, 0.5) is 10.1 Å². The first kappa shape index (κ1) is 13.9. The molecule has 0 saturated heterocycles. The minimum absolute atomic E-state index is 0.292. The third-order valence-electron chi connectivity index (χ3n) is 4.14. The predicted molar refractivity (Wildman–Crippen MR) is 82.2 cm³/mol. The van der Waals surface area contributed by atoms with Gasteiger partial charge < -0.3 is 15.8 Å². The molecular formula is C17H19FN2O. The van der Waals surface area contributed by atoms with E-state index in [4.69, 9.17) is 10.5 Å². The summed E-state index contributed by atoms with van der Waals surface area (Å²) in [5.74, 6) is 0.334. The molecule has 3 N–H and O–H groups in total. The Morgan fingerprint density at radius 2 is 1.86 bits per heavy atom. The second kappa shape index (κ2) is 5.37. The zero-order valence-electron chi connectivity index (χ0n) is 12.0. The molecule has 0 heterocycles. The van der Waals surface area contributed by atoms with Crippen LogP contribution in [-0.4, -0.2) is 19.2 Å². The number of halogens is 1. The number of fused-ring (bicyclic) bond motifs is 1. The van der Waals surface area contributed by atoms with Gasteiger partial charge in [-0.2, -0.15) is 0 Å². The van der Waals surface area contributed by atoms with Crippen molar-refractivity contribution in [2.24, 2.45) is 5.73 Å². The van der Waals surface area contributed by atoms with Crippen LogP contribution in [0.3, 0.4) is 0 Å². The zero-order valence-corrected chi connectivity index (χ0v) is 12.0. The van der Waals surface area contributed by atoms with E-state index in [9.17, 15) is 4.39 Å². The Bertz CT molecular complexity index is 632. The number of rotatable bonds is 4. The largest absolute Gasteiger partial charge is 0.497 e. The SMILES string of the molecule is COc1ccc(F)c(NC2(CN)Cc3ccccc3C2)c1. The summed E-state index contributed by atoms with van der Waals surface area (Å²) in [6.07, 6.45) is 1.60. The smallest absolute Gasteiger partial charge is 0.146 e. The molecule has 1 aliphatic rings. The van der Waals surface area contributed by atoms with Crippen LogP contribution < -0.4 is 15.8 Å². The third-order valence-corrected chi connectivity index (χ3v) is 4.14. The van der Waals surface area contributed by atoms with Gasteiger partial charge >= 0.3 is 0 Å². The molecular weight excluding hydrogens is 267 g/mol. The van der Waals surface area contributed by atoms with Crippen LogP contribution in [0.2, 0.25) is 0 Å². The Hall–Kier alpha value is -2.07. The maximum absolute atomic E-state index is 14.0. The van der Waals surface area contributed by atoms with Crippen molar-refractivity contribution in [1.82, 2.24) is 0 Å². The standard InChI is InChI=1S/C17H19FN2O/c1-21-14-6-7-15(18)16(8-14)20-17(11-19)9-12-4-2-3-5-13(12)10-17/h2-8,20H,9-11,19H2,1H3. The van der Waals surface area contributed by atoms with Crippen LogP contribution in [0.5, 0.6) is 5.75 Å². The van der Waals surface area contributed by atoms with E-state index >= 15 is 0 Å². The lowest BCUT2D eigenvalue weighted by Gasteiger charge is -2.30. The second-order valence-corrected chi connectivity index (χ2v) is 5.58. The summed E-state index contributed by atoms with van der Waals surface area (Å²) in [5.41, 5.74) is 8.65. The van der Waals surface area contributed by atoms with Crippen LogP contribution in [-0.2, 0) is 12.8 Å². The molecule has 2 aromatic carbocycles. The first-order chi connectivity index (χ1) is 10.2. The van der Waals surface area contributed by atoms with Crippen molar-refractivity contribution in [1.29, 1.82) is 0 Å². The average molecular weight is 286 g/mol. The number of hydrogen-bond donors (Lipinski definition) is 2. The lowest BCUT2D eigenvalue weighted by molar-refractivity contribution is 0.413. The molecule has 0 spiro atoms. The van der Waals surface area contributed by atoms with Crippen LogP contribution in [0.15, 0.2) is 42.5 Å². The lowest BCUT2D eigenvalue weighted by Crippen LogP contribution is -2.46. The van der Waals surface area contributed by atoms with Crippen molar-refractivity contribution in [3.05, 3.63) is 59.4 Å². The molecule has 0 aromatic heterocycles. The van der Waals surface area contributed by atoms with Crippen LogP contribution in [0.25, 0.3) is 0 Å². The molecule has 2 aromatic rings. The van der Waals surface area contributed by atoms with Crippen molar-refractivity contribution < 1.29 is 9.13 Å². The van der Waals surface area contributed by atoms with Gasteiger partial charge in [-0.1, -0.05) is 24.3 Å². The molecule has 0 fully saturated rings. The molecule has 3 nitrogen and oxygen atoms in total. The lowest BCUT2D eigenvalue weighted by atomic mass is 9.95. The van der Waals surface area contributed by atoms with E-state index in [-0.39, 0.29) is 11.4 Å². The van der Waals surface area contributed by atoms with Crippen molar-refractivity contribution >= 4 is 5.69 Å². The fourth-order valence-electron chi connectivity index (χ4n) is 2.99. The number of benzene rings is 2. The first-order valence-electron chi connectivity index (χ1n) is 7.04. The fraction of sp³-hybridized carbons (Fsp3) is 0.294. The highest BCUT2D eigenvalue weighted by atomic mass is 19.1. The first-order valence-corrected chi connectivity index (χ1v) is 7.04. The number of nitrogens with one attached hydrogen (secondary N) is 1. The minimum atomic E-state index is -0.336. The molecule has 0 radical (unpaired) electrons. The molecule has 0 bridgehead atoms. The topological polar surface area (TPSA) is 47.3 Å². The summed E-state index contributed by atoms with van der Waals surface area (Å²) in [7, 11) is 1.57. The van der Waals surface area contributed by atoms with Crippen molar-refractivity contribution in [2.75, 3.05) is 19.0 Å². The van der Waals surface area contributed by atoms with Crippen LogP contribution >= 0.6 is 0 Å². The monoisotopic (exact) mass is 286 g/mol. The van der Waals surface area contributed by atoms with Gasteiger partial charge in [-0.05, 0) is 36.1 Å². The van der Waals surface area contributed by atoms with Gasteiger partial charge in [0, 0.05) is 12.6 Å². The molecule has 0 saturated carbocycles. The Morgan fingerprint density at radius 1 is 1.19 bits per heavy atom. The third kappa shape index (κ3) is 2.59. The summed E-state index contributed by atoms with van der Waals surface area (Å²) in [4.78, 5) is 0. The second-order valence-electron chi connectivity index (χ2n) is 5.58. The van der Waals surface area contributed by atoms with Crippen molar-refractivity contribution in [2.45, 2.75) is 18.4 Å². The van der Waals surface area contributed by atoms with E-state index in [1.807, 2.05) is 12.1 Å². The molecule has 0 aliphatic heterocycles. The highest BCUT2D eigenvalue weighted by molar-refractivity contribution is 5.54. The van der Waals surface area contributed by atoms with E-state index in [2.05, 4.69) is 17.4 Å². The van der Waals surface area contributed by atoms with Gasteiger partial charge in [0.2, 0.25) is 0 Å². The molecule has 1 aliphatic carbocycles. The summed E-state index contributed by atoms with van der Waals surface area (Å²) in [6, 6.07) is 13.0. The molecule has 21 heavy (non-hydrogen) atoms. The van der Waals surface area contributed by atoms with Gasteiger partial charge in [-0.25, -0.2) is 4.39 Å². The molecule has 0 atom stereocenters. The number of methoxy groups -OCH3 is 1. The molecule has 0 amide bonds. The quantitative estimate of drug-likeness (QED) is 0.908. The Kier molecular flexibility index (Phi) is 3.55. The van der Waals surface area contributed by atoms with Crippen LogP contribution in [0, 0.1) is 5.82 Å². The molecule has 0 unspecified atom stereocenters. The van der Waals surface area contributed by atoms with Gasteiger partial charge in [0.15, 0.2) is 0 Å². The van der Waals surface area contributed by atoms with Gasteiger partial charge in [0.1, 0.15) is 11.6 Å². The van der Waals surface area contributed by atoms with E-state index in [0.717, 1.165) is 12.8 Å². The zero-order chi connectivity index (χ0) is 14.9. The minimum Gasteiger partial charge on any atom is -0.497 e. The number of nitrogens with two attached hydrogens (primary N) is 1. The number of anilines is 1. The van der Waals surface area contributed by atoms with Gasteiger partial charge in [-0.3, -0.25) is 0 Å². The summed E-state index contributed by atoms with van der Waals surface area (Å²) >= 11 is 0. The van der Waals surface area contributed by atoms with Gasteiger partial charge in [0.25, 0.3) is 0 Å². The van der Waals surface area contributed by atoms with Gasteiger partial charge in [-0.15, -0.1) is 0 Å². The Morgan fingerprint density at radius 3 is 2.43 bits per heavy atom. The average Bonchev–Trinajstić information content (AvgIpc) is 2.88. The maximum atomic E-state index is 14.0. The van der Waals surface area contributed by atoms with E-state index in [1.54, 1.807) is 19.2 Å². The van der Waals surface area contributed by atoms with Crippen LogP contribution in [0.1, 0.15) is 11.1 Å². The van der Waals surface area contributed by atoms with E-state index < -0.39 is 0 Å². The molecule has 3 rings (SSSR count). The fourth-order valence-corrected chi connectivity index (χ4v) is 2.99. The number of hydrogen-bond acceptors (Lipinski definition) is 3. The maximum Gasteiger partial charge on any atom is 0.146 e. The van der Waals surface area contributed by atoms with Crippen molar-refractivity contribution in [3.63, 3.8) is 0 Å². The van der Waals surface area contributed by atoms with Gasteiger partial charge in [0.05, 0.1) is 18.3 Å². The summed E-state index contributed by atoms with van der Waals surface area (Å²) < 4.78 is 19.2. The summed E-state index contributed by atoms with van der Waals surface area (Å²) in [5, 5.41) is 3.31. The molecule has 110 valence electrons. The highest BCUT2D eigenvalue weighted by Gasteiger charge is 2.36. The normalized spacial score (nSPS) is 15.6. The predicted octanol–water partition coefficient (Wildman–Crippen LogP) is 2.74. The number of ether oxygens (including phenoxy) is 1. The Balaban J connectivity index is 1.90. The van der Waals surface area contributed by atoms with Crippen molar-refractivity contribution in [3.8, 4) is 5.75 Å². The van der Waals surface area contributed by atoms with E-state index in [1.165, 1.54) is 17.2 Å². The Labute approximate surface area is 123 Å².